The van der Waals surface area contributed by atoms with Crippen LogP contribution in [0.25, 0.3) is 10.2 Å². The van der Waals surface area contributed by atoms with Crippen LogP contribution in [0.4, 0.5) is 0 Å². The van der Waals surface area contributed by atoms with Gasteiger partial charge in [-0.25, -0.2) is 0 Å². The molecule has 0 bridgehead atoms. The average Bonchev–Trinajstić information content (AvgIpc) is 2.50. The molecule has 0 amide bonds. The lowest BCUT2D eigenvalue weighted by molar-refractivity contribution is -0.656. The van der Waals surface area contributed by atoms with Gasteiger partial charge in [-0.3, -0.25) is 0 Å². The molecule has 13 heavy (non-hydrogen) atoms. The Labute approximate surface area is 98.7 Å². The normalized spacial score (nSPS) is 9.54. The van der Waals surface area contributed by atoms with Crippen LogP contribution in [0.1, 0.15) is 0 Å². The third kappa shape index (κ3) is 2.08. The summed E-state index contributed by atoms with van der Waals surface area (Å²) in [6.07, 6.45) is 1.92. The molecule has 1 nitrogen and oxygen atoms in total. The van der Waals surface area contributed by atoms with Crippen LogP contribution in [0.3, 0.4) is 0 Å². The highest BCUT2D eigenvalue weighted by Crippen LogP contribution is 2.14. The number of rotatable bonds is 2. The van der Waals surface area contributed by atoms with Gasteiger partial charge in [-0.05, 0) is 12.1 Å². The summed E-state index contributed by atoms with van der Waals surface area (Å²) in [5.41, 5.74) is 3.43. The van der Waals surface area contributed by atoms with Crippen molar-refractivity contribution in [2.45, 2.75) is 6.54 Å². The van der Waals surface area contributed by atoms with Crippen LogP contribution >= 0.6 is 11.3 Å². The predicted octanol–water partition coefficient (Wildman–Crippen LogP) is -0.621. The highest BCUT2D eigenvalue weighted by molar-refractivity contribution is 7.16. The maximum atomic E-state index is 3.73. The Kier molecular flexibility index (Phi) is 3.87. The molecule has 0 atom stereocenters. The van der Waals surface area contributed by atoms with E-state index in [1.165, 1.54) is 10.2 Å². The van der Waals surface area contributed by atoms with Crippen LogP contribution < -0.4 is 28.5 Å². The number of aromatic nitrogens is 1. The van der Waals surface area contributed by atoms with E-state index in [4.69, 9.17) is 0 Å². The van der Waals surface area contributed by atoms with Gasteiger partial charge in [0.1, 0.15) is 4.70 Å². The fourth-order valence-corrected chi connectivity index (χ4v) is 2.16. The second-order valence-corrected chi connectivity index (χ2v) is 3.52. The number of halogens is 1. The molecule has 0 aliphatic heterocycles. The van der Waals surface area contributed by atoms with E-state index >= 15 is 0 Å². The molecular formula is C10H10INS. The van der Waals surface area contributed by atoms with Crippen LogP contribution in [-0.4, -0.2) is 0 Å². The molecule has 1 aromatic carbocycles. The molecule has 68 valence electrons. The monoisotopic (exact) mass is 303 g/mol. The second-order valence-electron chi connectivity index (χ2n) is 2.63. The van der Waals surface area contributed by atoms with Crippen molar-refractivity contribution in [3.63, 3.8) is 0 Å². The number of hydrogen-bond donors (Lipinski definition) is 0. The zero-order valence-corrected chi connectivity index (χ0v) is 10.1. The van der Waals surface area contributed by atoms with Gasteiger partial charge in [0, 0.05) is 6.07 Å². The Morgan fingerprint density at radius 2 is 2.15 bits per heavy atom. The average molecular weight is 303 g/mol. The first kappa shape index (κ1) is 10.7. The van der Waals surface area contributed by atoms with Crippen molar-refractivity contribution >= 4 is 21.6 Å². The molecule has 0 saturated carbocycles. The summed E-state index contributed by atoms with van der Waals surface area (Å²) in [4.78, 5) is 0. The van der Waals surface area contributed by atoms with Crippen molar-refractivity contribution in [2.75, 3.05) is 0 Å². The number of allylic oxidation sites excluding steroid dienone is 1. The Hall–Kier alpha value is -0.420. The smallest absolute Gasteiger partial charge is 0.226 e. The zero-order chi connectivity index (χ0) is 8.39. The number of nitrogens with zero attached hydrogens (tertiary/aromatic N) is 1. The van der Waals surface area contributed by atoms with E-state index in [1.807, 2.05) is 6.08 Å². The standard InChI is InChI=1S/C10H10NS.HI/c1-2-7-11-8-12-10-6-4-3-5-9(10)11;/h2-6,8H,1,7H2;1H/q+1;/p-1. The minimum atomic E-state index is 0. The van der Waals surface area contributed by atoms with E-state index < -0.39 is 0 Å². The van der Waals surface area contributed by atoms with E-state index in [1.54, 1.807) is 11.3 Å². The third-order valence-electron chi connectivity index (χ3n) is 1.81. The van der Waals surface area contributed by atoms with Crippen molar-refractivity contribution in [1.29, 1.82) is 0 Å². The highest BCUT2D eigenvalue weighted by Gasteiger charge is 2.07. The molecule has 0 spiro atoms. The van der Waals surface area contributed by atoms with Crippen LogP contribution in [0.2, 0.25) is 0 Å². The van der Waals surface area contributed by atoms with E-state index in [2.05, 4.69) is 40.9 Å². The molecule has 2 aromatic rings. The number of fused-ring (bicyclic) bond motifs is 1. The topological polar surface area (TPSA) is 3.88 Å². The van der Waals surface area contributed by atoms with Crippen molar-refractivity contribution in [3.8, 4) is 0 Å². The first-order chi connectivity index (χ1) is 5.92. The maximum absolute atomic E-state index is 3.73. The maximum Gasteiger partial charge on any atom is 0.226 e. The van der Waals surface area contributed by atoms with Gasteiger partial charge in [-0.1, -0.05) is 30.0 Å². The molecule has 0 aliphatic carbocycles. The lowest BCUT2D eigenvalue weighted by Crippen LogP contribution is -3.00. The molecule has 1 aromatic heterocycles. The van der Waals surface area contributed by atoms with E-state index in [0.29, 0.717) is 0 Å². The lowest BCUT2D eigenvalue weighted by atomic mass is 10.3. The zero-order valence-electron chi connectivity index (χ0n) is 7.11. The summed E-state index contributed by atoms with van der Waals surface area (Å²) >= 11 is 1.77. The Bertz CT molecular complexity index is 408. The Morgan fingerprint density at radius 3 is 2.92 bits per heavy atom. The fourth-order valence-electron chi connectivity index (χ4n) is 1.25. The molecule has 0 saturated heterocycles. The molecular weight excluding hydrogens is 293 g/mol. The molecule has 0 aliphatic rings. The van der Waals surface area contributed by atoms with Gasteiger partial charge < -0.3 is 24.0 Å². The summed E-state index contributed by atoms with van der Waals surface area (Å²) in [6.45, 7) is 4.62. The van der Waals surface area contributed by atoms with Gasteiger partial charge >= 0.3 is 0 Å². The quantitative estimate of drug-likeness (QED) is 0.395. The number of benzene rings is 1. The van der Waals surface area contributed by atoms with Crippen LogP contribution in [0.15, 0.2) is 42.4 Å². The van der Waals surface area contributed by atoms with Crippen LogP contribution in [0, 0.1) is 0 Å². The third-order valence-corrected chi connectivity index (χ3v) is 2.77. The summed E-state index contributed by atoms with van der Waals surface area (Å²) in [7, 11) is 0. The molecule has 0 radical (unpaired) electrons. The summed E-state index contributed by atoms with van der Waals surface area (Å²) in [5, 5.41) is 0. The highest BCUT2D eigenvalue weighted by atomic mass is 127. The number of hydrogen-bond acceptors (Lipinski definition) is 1. The molecule has 2 rings (SSSR count). The minimum Gasteiger partial charge on any atom is -1.00 e. The van der Waals surface area contributed by atoms with E-state index in [0.717, 1.165) is 6.54 Å². The van der Waals surface area contributed by atoms with Gasteiger partial charge in [0.15, 0.2) is 6.54 Å². The van der Waals surface area contributed by atoms with Gasteiger partial charge in [0.2, 0.25) is 11.0 Å². The van der Waals surface area contributed by atoms with Gasteiger partial charge in [-0.2, -0.15) is 4.57 Å². The Morgan fingerprint density at radius 1 is 1.38 bits per heavy atom. The summed E-state index contributed by atoms with van der Waals surface area (Å²) < 4.78 is 3.53. The number of para-hydroxylation sites is 1. The van der Waals surface area contributed by atoms with E-state index in [9.17, 15) is 0 Å². The van der Waals surface area contributed by atoms with Crippen LogP contribution in [0.5, 0.6) is 0 Å². The van der Waals surface area contributed by atoms with Crippen LogP contribution in [-0.2, 0) is 6.54 Å². The van der Waals surface area contributed by atoms with Crippen molar-refractivity contribution in [1.82, 2.24) is 0 Å². The van der Waals surface area contributed by atoms with Crippen molar-refractivity contribution in [2.24, 2.45) is 0 Å². The van der Waals surface area contributed by atoms with E-state index in [-0.39, 0.29) is 24.0 Å². The van der Waals surface area contributed by atoms with Crippen molar-refractivity contribution < 1.29 is 28.5 Å². The molecule has 0 fully saturated rings. The van der Waals surface area contributed by atoms with Gasteiger partial charge in [-0.15, -0.1) is 0 Å². The second kappa shape index (κ2) is 4.72. The minimum absolute atomic E-state index is 0. The molecule has 0 unspecified atom stereocenters. The molecule has 1 heterocycles. The summed E-state index contributed by atoms with van der Waals surface area (Å²) in [5.74, 6) is 0. The van der Waals surface area contributed by atoms with Crippen molar-refractivity contribution in [3.05, 3.63) is 42.4 Å². The summed E-state index contributed by atoms with van der Waals surface area (Å²) in [6, 6.07) is 8.40. The van der Waals surface area contributed by atoms with Gasteiger partial charge in [0.25, 0.3) is 0 Å². The molecule has 3 heteroatoms. The number of thiazole rings is 1. The Balaban J connectivity index is 0.000000845. The SMILES string of the molecule is C=CC[n+]1csc2ccccc21.[I-]. The fraction of sp³-hybridized carbons (Fsp3) is 0.100. The first-order valence-corrected chi connectivity index (χ1v) is 4.76. The largest absolute Gasteiger partial charge is 1.00 e. The van der Waals surface area contributed by atoms with Gasteiger partial charge in [0.05, 0.1) is 0 Å². The lowest BCUT2D eigenvalue weighted by Gasteiger charge is -1.86. The predicted molar refractivity (Wildman–Crippen MR) is 52.2 cm³/mol. The molecule has 0 N–H and O–H groups in total. The first-order valence-electron chi connectivity index (χ1n) is 3.88.